The molecule has 0 radical (unpaired) electrons. The van der Waals surface area contributed by atoms with E-state index < -0.39 is 5.97 Å². The first-order chi connectivity index (χ1) is 10.6. The molecule has 0 saturated heterocycles. The summed E-state index contributed by atoms with van der Waals surface area (Å²) in [7, 11) is 0. The maximum atomic E-state index is 12.1. The molecular weight excluding hydrogens is 284 g/mol. The number of carboxylic acids is 1. The van der Waals surface area contributed by atoms with E-state index in [2.05, 4.69) is 9.97 Å². The molecule has 0 amide bonds. The summed E-state index contributed by atoms with van der Waals surface area (Å²) in [5.41, 5.74) is 0.702. The van der Waals surface area contributed by atoms with Gasteiger partial charge in [-0.25, -0.2) is 4.79 Å². The van der Waals surface area contributed by atoms with E-state index in [4.69, 9.17) is 9.52 Å². The molecule has 6 heteroatoms. The minimum Gasteiger partial charge on any atom is -0.478 e. The van der Waals surface area contributed by atoms with Crippen LogP contribution in [0.1, 0.15) is 21.8 Å². The van der Waals surface area contributed by atoms with Crippen LogP contribution in [0.15, 0.2) is 52.1 Å². The average molecular weight is 294 g/mol. The molecule has 22 heavy (non-hydrogen) atoms. The zero-order valence-electron chi connectivity index (χ0n) is 11.3. The highest BCUT2D eigenvalue weighted by Crippen LogP contribution is 2.16. The molecule has 6 nitrogen and oxygen atoms in total. The average Bonchev–Trinajstić information content (AvgIpc) is 2.53. The molecule has 2 aromatic heterocycles. The van der Waals surface area contributed by atoms with Crippen LogP contribution < -0.4 is 5.43 Å². The van der Waals surface area contributed by atoms with Gasteiger partial charge in [0.2, 0.25) is 0 Å². The van der Waals surface area contributed by atoms with E-state index in [1.807, 2.05) is 0 Å². The molecule has 0 aliphatic rings. The number of carboxylic acid groups (broad SMARTS) is 1. The number of fused-ring (bicyclic) bond motifs is 1. The van der Waals surface area contributed by atoms with Crippen molar-refractivity contribution in [2.45, 2.75) is 0 Å². The largest absolute Gasteiger partial charge is 0.478 e. The SMILES string of the molecule is O=C(O)c1ccc2oc(C=Cc3cnccn3)cc(=O)c2c1. The van der Waals surface area contributed by atoms with E-state index in [9.17, 15) is 9.59 Å². The summed E-state index contributed by atoms with van der Waals surface area (Å²) in [6.45, 7) is 0. The van der Waals surface area contributed by atoms with Gasteiger partial charge in [-0.3, -0.25) is 14.8 Å². The molecule has 0 atom stereocenters. The number of aromatic nitrogens is 2. The highest BCUT2D eigenvalue weighted by Gasteiger charge is 2.08. The van der Waals surface area contributed by atoms with Crippen molar-refractivity contribution in [2.24, 2.45) is 0 Å². The van der Waals surface area contributed by atoms with Crippen LogP contribution in [0.3, 0.4) is 0 Å². The number of hydrogen-bond donors (Lipinski definition) is 1. The van der Waals surface area contributed by atoms with E-state index in [-0.39, 0.29) is 16.4 Å². The lowest BCUT2D eigenvalue weighted by molar-refractivity contribution is 0.0697. The number of hydrogen-bond acceptors (Lipinski definition) is 5. The topological polar surface area (TPSA) is 93.3 Å². The van der Waals surface area contributed by atoms with E-state index in [0.717, 1.165) is 0 Å². The summed E-state index contributed by atoms with van der Waals surface area (Å²) in [4.78, 5) is 31.0. The van der Waals surface area contributed by atoms with Gasteiger partial charge in [-0.05, 0) is 30.4 Å². The van der Waals surface area contributed by atoms with Gasteiger partial charge in [-0.2, -0.15) is 0 Å². The molecule has 0 aliphatic carbocycles. The fourth-order valence-corrected chi connectivity index (χ4v) is 1.95. The van der Waals surface area contributed by atoms with Crippen molar-refractivity contribution in [3.63, 3.8) is 0 Å². The lowest BCUT2D eigenvalue weighted by Crippen LogP contribution is -2.03. The first-order valence-electron chi connectivity index (χ1n) is 6.39. The van der Waals surface area contributed by atoms with Gasteiger partial charge < -0.3 is 9.52 Å². The molecule has 0 aliphatic heterocycles. The van der Waals surface area contributed by atoms with Gasteiger partial charge in [0.1, 0.15) is 11.3 Å². The summed E-state index contributed by atoms with van der Waals surface area (Å²) in [5.74, 6) is -0.737. The second kappa shape index (κ2) is 5.61. The van der Waals surface area contributed by atoms with Crippen LogP contribution in [0, 0.1) is 0 Å². The van der Waals surface area contributed by atoms with Crippen LogP contribution in [-0.4, -0.2) is 21.0 Å². The smallest absolute Gasteiger partial charge is 0.335 e. The third-order valence-corrected chi connectivity index (χ3v) is 2.99. The maximum absolute atomic E-state index is 12.1. The molecule has 1 N–H and O–H groups in total. The van der Waals surface area contributed by atoms with Crippen LogP contribution in [0.2, 0.25) is 0 Å². The predicted octanol–water partition coefficient (Wildman–Crippen LogP) is 2.45. The van der Waals surface area contributed by atoms with Gasteiger partial charge in [0.15, 0.2) is 5.43 Å². The Bertz CT molecular complexity index is 930. The van der Waals surface area contributed by atoms with Crippen LogP contribution in [-0.2, 0) is 0 Å². The van der Waals surface area contributed by atoms with E-state index in [1.165, 1.54) is 24.3 Å². The quantitative estimate of drug-likeness (QED) is 0.797. The summed E-state index contributed by atoms with van der Waals surface area (Å²) in [5, 5.41) is 9.18. The molecular formula is C16H10N2O4. The summed E-state index contributed by atoms with van der Waals surface area (Å²) >= 11 is 0. The molecule has 3 rings (SSSR count). The highest BCUT2D eigenvalue weighted by atomic mass is 16.4. The van der Waals surface area contributed by atoms with Crippen molar-refractivity contribution in [3.05, 3.63) is 70.1 Å². The van der Waals surface area contributed by atoms with Crippen molar-refractivity contribution in [2.75, 3.05) is 0 Å². The predicted molar refractivity (Wildman–Crippen MR) is 80.4 cm³/mol. The van der Waals surface area contributed by atoms with Gasteiger partial charge in [0.25, 0.3) is 0 Å². The Morgan fingerprint density at radius 3 is 2.77 bits per heavy atom. The Hall–Kier alpha value is -3.28. The van der Waals surface area contributed by atoms with Crippen LogP contribution in [0.4, 0.5) is 0 Å². The van der Waals surface area contributed by atoms with E-state index in [0.29, 0.717) is 17.0 Å². The second-order valence-electron chi connectivity index (χ2n) is 4.49. The maximum Gasteiger partial charge on any atom is 0.335 e. The standard InChI is InChI=1S/C16H10N2O4/c19-14-8-12(3-2-11-9-17-5-6-18-11)22-15-4-1-10(16(20)21)7-13(14)15/h1-9H,(H,20,21). The van der Waals surface area contributed by atoms with E-state index in [1.54, 1.807) is 30.7 Å². The summed E-state index contributed by atoms with van der Waals surface area (Å²) in [6.07, 6.45) is 7.98. The zero-order chi connectivity index (χ0) is 15.5. The van der Waals surface area contributed by atoms with Crippen molar-refractivity contribution >= 4 is 29.1 Å². The normalized spacial score (nSPS) is 11.1. The monoisotopic (exact) mass is 294 g/mol. The Balaban J connectivity index is 2.03. The van der Waals surface area contributed by atoms with Crippen LogP contribution in [0.25, 0.3) is 23.1 Å². The summed E-state index contributed by atoms with van der Waals surface area (Å²) in [6, 6.07) is 5.48. The Kier molecular flexibility index (Phi) is 3.49. The number of aromatic carboxylic acids is 1. The molecule has 1 aromatic carbocycles. The minimum atomic E-state index is -1.09. The third kappa shape index (κ3) is 2.76. The van der Waals surface area contributed by atoms with Gasteiger partial charge in [0.05, 0.1) is 22.8 Å². The Labute approximate surface area is 124 Å². The number of nitrogens with zero attached hydrogens (tertiary/aromatic N) is 2. The van der Waals surface area contributed by atoms with Gasteiger partial charge in [-0.1, -0.05) is 0 Å². The van der Waals surface area contributed by atoms with Gasteiger partial charge in [-0.15, -0.1) is 0 Å². The van der Waals surface area contributed by atoms with Gasteiger partial charge >= 0.3 is 5.97 Å². The zero-order valence-corrected chi connectivity index (χ0v) is 11.3. The van der Waals surface area contributed by atoms with Crippen molar-refractivity contribution in [1.82, 2.24) is 9.97 Å². The molecule has 0 unspecified atom stereocenters. The lowest BCUT2D eigenvalue weighted by atomic mass is 10.1. The molecule has 0 fully saturated rings. The van der Waals surface area contributed by atoms with Gasteiger partial charge in [0, 0.05) is 18.5 Å². The Morgan fingerprint density at radius 2 is 2.05 bits per heavy atom. The molecule has 0 spiro atoms. The van der Waals surface area contributed by atoms with Crippen molar-refractivity contribution in [3.8, 4) is 0 Å². The number of rotatable bonds is 3. The molecule has 0 saturated carbocycles. The second-order valence-corrected chi connectivity index (χ2v) is 4.49. The molecule has 0 bridgehead atoms. The lowest BCUT2D eigenvalue weighted by Gasteiger charge is -2.00. The van der Waals surface area contributed by atoms with Crippen molar-refractivity contribution < 1.29 is 14.3 Å². The molecule has 108 valence electrons. The minimum absolute atomic E-state index is 0.0441. The summed E-state index contributed by atoms with van der Waals surface area (Å²) < 4.78 is 5.57. The van der Waals surface area contributed by atoms with Crippen LogP contribution in [0.5, 0.6) is 0 Å². The molecule has 3 aromatic rings. The Morgan fingerprint density at radius 1 is 1.18 bits per heavy atom. The fourth-order valence-electron chi connectivity index (χ4n) is 1.95. The first kappa shape index (κ1) is 13.7. The molecule has 2 heterocycles. The highest BCUT2D eigenvalue weighted by molar-refractivity contribution is 5.92. The van der Waals surface area contributed by atoms with Crippen LogP contribution >= 0.6 is 0 Å². The van der Waals surface area contributed by atoms with Crippen molar-refractivity contribution in [1.29, 1.82) is 0 Å². The fraction of sp³-hybridized carbons (Fsp3) is 0. The first-order valence-corrected chi connectivity index (χ1v) is 6.39. The van der Waals surface area contributed by atoms with E-state index >= 15 is 0 Å². The number of carbonyl (C=O) groups is 1. The third-order valence-electron chi connectivity index (χ3n) is 2.99. The number of benzene rings is 1.